The molecular weight excluding hydrogens is 667 g/mol. The summed E-state index contributed by atoms with van der Waals surface area (Å²) in [5, 5.41) is 12.2. The molecule has 6 aromatic carbocycles. The van der Waals surface area contributed by atoms with Gasteiger partial charge in [0.05, 0.1) is 22.1 Å². The van der Waals surface area contributed by atoms with Crippen LogP contribution in [0.25, 0.3) is 71.9 Å². The molecule has 54 heavy (non-hydrogen) atoms. The molecule has 3 heterocycles. The monoisotopic (exact) mass is 699 g/mol. The van der Waals surface area contributed by atoms with Gasteiger partial charge in [-0.1, -0.05) is 97.6 Å². The fourth-order valence-electron chi connectivity index (χ4n) is 7.40. The number of hydrogen-bond donors (Lipinski definition) is 0. The first kappa shape index (κ1) is 32.5. The van der Waals surface area contributed by atoms with E-state index in [4.69, 9.17) is 10.2 Å². The number of nitrogens with zero attached hydrogens (tertiary/aromatic N) is 5. The van der Waals surface area contributed by atoms with Crippen LogP contribution in [0, 0.1) is 0 Å². The molecule has 3 aromatic heterocycles. The summed E-state index contributed by atoms with van der Waals surface area (Å²) in [5.41, 5.74) is 7.04. The molecule has 0 amide bonds. The van der Waals surface area contributed by atoms with Gasteiger partial charge in [0.15, 0.2) is 22.5 Å². The third-order valence-corrected chi connectivity index (χ3v) is 9.86. The van der Waals surface area contributed by atoms with Gasteiger partial charge in [0.25, 0.3) is 0 Å². The van der Waals surface area contributed by atoms with Crippen molar-refractivity contribution in [3.05, 3.63) is 209 Å². The van der Waals surface area contributed by atoms with Gasteiger partial charge in [-0.3, -0.25) is 14.2 Å². The first-order chi connectivity index (χ1) is 26.6. The van der Waals surface area contributed by atoms with Crippen LogP contribution in [0.15, 0.2) is 192 Å². The highest BCUT2D eigenvalue weighted by atomic mass is 16.1. The van der Waals surface area contributed by atoms with Crippen LogP contribution in [0.2, 0.25) is 0 Å². The highest BCUT2D eigenvalue weighted by molar-refractivity contribution is 5.96. The standard InChI is InChI=1S/C47H33N5O2/c1-2-15-32(16-14-31-50-40-23-10-6-19-36(40)44(53)37-20-7-11-24-41(37)50)46-48-49-47(52(46)34-17-4-3-5-18-34)33-27-29-35(30-28-33)51-42-25-12-8-21-38(42)45(54)39-22-9-13-26-43(39)51/h2-30H,1,31H2/b16-14-,32-15+. The lowest BCUT2D eigenvalue weighted by Crippen LogP contribution is -2.10. The summed E-state index contributed by atoms with van der Waals surface area (Å²) in [4.78, 5) is 26.7. The van der Waals surface area contributed by atoms with Crippen molar-refractivity contribution >= 4 is 49.2 Å². The van der Waals surface area contributed by atoms with E-state index in [0.29, 0.717) is 39.7 Å². The summed E-state index contributed by atoms with van der Waals surface area (Å²) < 4.78 is 6.36. The maximum Gasteiger partial charge on any atom is 0.197 e. The van der Waals surface area contributed by atoms with E-state index in [1.807, 2.05) is 152 Å². The molecule has 0 aliphatic heterocycles. The summed E-state index contributed by atoms with van der Waals surface area (Å²) in [7, 11) is 0. The lowest BCUT2D eigenvalue weighted by Gasteiger charge is -2.16. The van der Waals surface area contributed by atoms with Crippen LogP contribution in [0.5, 0.6) is 0 Å². The van der Waals surface area contributed by atoms with Crippen LogP contribution in [0.4, 0.5) is 0 Å². The minimum Gasteiger partial charge on any atom is -0.336 e. The first-order valence-corrected chi connectivity index (χ1v) is 17.8. The van der Waals surface area contributed by atoms with Crippen molar-refractivity contribution in [3.63, 3.8) is 0 Å². The molecule has 0 aliphatic rings. The quantitative estimate of drug-likeness (QED) is 0.117. The molecule has 0 N–H and O–H groups in total. The Labute approximate surface area is 310 Å². The number of benzene rings is 6. The molecule has 7 heteroatoms. The van der Waals surface area contributed by atoms with Crippen LogP contribution < -0.4 is 10.9 Å². The van der Waals surface area contributed by atoms with Crippen LogP contribution in [0.3, 0.4) is 0 Å². The van der Waals surface area contributed by atoms with Crippen molar-refractivity contribution in [1.82, 2.24) is 23.9 Å². The highest BCUT2D eigenvalue weighted by Gasteiger charge is 2.19. The summed E-state index contributed by atoms with van der Waals surface area (Å²) in [6, 6.07) is 49.2. The van der Waals surface area contributed by atoms with Crippen molar-refractivity contribution < 1.29 is 0 Å². The molecule has 0 radical (unpaired) electrons. The van der Waals surface area contributed by atoms with Gasteiger partial charge in [-0.2, -0.15) is 0 Å². The van der Waals surface area contributed by atoms with E-state index in [9.17, 15) is 9.59 Å². The molecule has 0 atom stereocenters. The molecule has 9 aromatic rings. The molecule has 0 unspecified atom stereocenters. The minimum atomic E-state index is 0.0238. The van der Waals surface area contributed by atoms with E-state index >= 15 is 0 Å². The van der Waals surface area contributed by atoms with Crippen molar-refractivity contribution in [1.29, 1.82) is 0 Å². The number of aromatic nitrogens is 5. The molecule has 0 aliphatic carbocycles. The Morgan fingerprint density at radius 1 is 0.537 bits per heavy atom. The van der Waals surface area contributed by atoms with Crippen molar-refractivity contribution in [2.24, 2.45) is 0 Å². The normalized spacial score (nSPS) is 12.0. The average molecular weight is 700 g/mol. The maximum absolute atomic E-state index is 13.4. The summed E-state index contributed by atoms with van der Waals surface area (Å²) in [6.07, 6.45) is 7.80. The SMILES string of the molecule is C=C/C=C(\C=C/Cn1c2ccccc2c(=O)c2ccccc21)c1nnc(-c2ccc(-n3c4ccccc4c(=O)c4ccccc43)cc2)n1-c1ccccc1. The summed E-state index contributed by atoms with van der Waals surface area (Å²) in [5.74, 6) is 1.33. The topological polar surface area (TPSA) is 74.7 Å². The van der Waals surface area contributed by atoms with Gasteiger partial charge in [0, 0.05) is 50.6 Å². The van der Waals surface area contributed by atoms with Gasteiger partial charge in [-0.05, 0) is 84.9 Å². The van der Waals surface area contributed by atoms with E-state index in [1.54, 1.807) is 6.08 Å². The largest absolute Gasteiger partial charge is 0.336 e. The van der Waals surface area contributed by atoms with Crippen molar-refractivity contribution in [2.75, 3.05) is 0 Å². The zero-order valence-electron chi connectivity index (χ0n) is 29.2. The summed E-state index contributed by atoms with van der Waals surface area (Å²) >= 11 is 0. The second-order valence-corrected chi connectivity index (χ2v) is 13.0. The van der Waals surface area contributed by atoms with Gasteiger partial charge in [-0.15, -0.1) is 10.2 Å². The van der Waals surface area contributed by atoms with Crippen LogP contribution in [-0.2, 0) is 6.54 Å². The Morgan fingerprint density at radius 3 is 1.57 bits per heavy atom. The van der Waals surface area contributed by atoms with Crippen molar-refractivity contribution in [2.45, 2.75) is 6.54 Å². The Hall–Kier alpha value is -7.38. The molecule has 0 spiro atoms. The Bertz CT molecular complexity index is 2960. The van der Waals surface area contributed by atoms with Gasteiger partial charge >= 0.3 is 0 Å². The highest BCUT2D eigenvalue weighted by Crippen LogP contribution is 2.30. The van der Waals surface area contributed by atoms with Gasteiger partial charge in [0.1, 0.15) is 0 Å². The van der Waals surface area contributed by atoms with E-state index in [1.165, 1.54) is 0 Å². The predicted molar refractivity (Wildman–Crippen MR) is 220 cm³/mol. The number of para-hydroxylation sites is 5. The molecular formula is C47H33N5O2. The second kappa shape index (κ2) is 13.6. The third-order valence-electron chi connectivity index (χ3n) is 9.86. The smallest absolute Gasteiger partial charge is 0.197 e. The fourth-order valence-corrected chi connectivity index (χ4v) is 7.40. The maximum atomic E-state index is 13.4. The Morgan fingerprint density at radius 2 is 1.02 bits per heavy atom. The van der Waals surface area contributed by atoms with E-state index in [-0.39, 0.29) is 10.9 Å². The predicted octanol–water partition coefficient (Wildman–Crippen LogP) is 9.69. The Kier molecular flexibility index (Phi) is 8.21. The molecule has 0 saturated heterocycles. The van der Waals surface area contributed by atoms with E-state index < -0.39 is 0 Å². The zero-order chi connectivity index (χ0) is 36.6. The average Bonchev–Trinajstić information content (AvgIpc) is 3.68. The van der Waals surface area contributed by atoms with Gasteiger partial charge < -0.3 is 9.13 Å². The molecule has 258 valence electrons. The first-order valence-electron chi connectivity index (χ1n) is 17.8. The summed E-state index contributed by atoms with van der Waals surface area (Å²) in [6.45, 7) is 4.53. The van der Waals surface area contributed by atoms with E-state index in [2.05, 4.69) is 38.5 Å². The minimum absolute atomic E-state index is 0.0238. The van der Waals surface area contributed by atoms with Crippen LogP contribution >= 0.6 is 0 Å². The Balaban J connectivity index is 1.13. The zero-order valence-corrected chi connectivity index (χ0v) is 29.2. The number of hydrogen-bond acceptors (Lipinski definition) is 4. The lowest BCUT2D eigenvalue weighted by molar-refractivity contribution is 0.891. The van der Waals surface area contributed by atoms with Crippen LogP contribution in [0.1, 0.15) is 5.82 Å². The van der Waals surface area contributed by atoms with Crippen molar-refractivity contribution in [3.8, 4) is 22.8 Å². The van der Waals surface area contributed by atoms with Crippen LogP contribution in [-0.4, -0.2) is 23.9 Å². The molecule has 7 nitrogen and oxygen atoms in total. The number of pyridine rings is 2. The van der Waals surface area contributed by atoms with Gasteiger partial charge in [0.2, 0.25) is 0 Å². The number of rotatable bonds is 8. The molecule has 0 saturated carbocycles. The molecule has 9 rings (SSSR count). The van der Waals surface area contributed by atoms with E-state index in [0.717, 1.165) is 44.6 Å². The second-order valence-electron chi connectivity index (χ2n) is 13.0. The molecule has 0 fully saturated rings. The fraction of sp³-hybridized carbons (Fsp3) is 0.0213. The number of fused-ring (bicyclic) bond motifs is 4. The number of allylic oxidation sites excluding steroid dienone is 5. The third kappa shape index (κ3) is 5.47. The van der Waals surface area contributed by atoms with Gasteiger partial charge in [-0.25, -0.2) is 0 Å². The molecule has 0 bridgehead atoms. The lowest BCUT2D eigenvalue weighted by atomic mass is 10.1.